The fourth-order valence-electron chi connectivity index (χ4n) is 2.61. The van der Waals surface area contributed by atoms with Crippen LogP contribution in [0.3, 0.4) is 0 Å². The van der Waals surface area contributed by atoms with Gasteiger partial charge in [-0.25, -0.2) is 4.79 Å². The van der Waals surface area contributed by atoms with Crippen LogP contribution in [-0.2, 0) is 4.84 Å². The van der Waals surface area contributed by atoms with Crippen LogP contribution in [0.2, 0.25) is 0 Å². The van der Waals surface area contributed by atoms with E-state index in [4.69, 9.17) is 9.94 Å². The minimum absolute atomic E-state index is 0.320. The maximum absolute atomic E-state index is 10.5. The van der Waals surface area contributed by atoms with Gasteiger partial charge in [0.25, 0.3) is 0 Å². The van der Waals surface area contributed by atoms with E-state index in [0.29, 0.717) is 19.0 Å². The Bertz CT molecular complexity index is 578. The standard InChI is InChI=1S/C13H14N2O3/c16-13(17)18-15-6-5-9(8-15)11-7-14-12-4-2-1-3-10(11)12/h1-4,7,9,14H,5-6,8H2,(H,16,17). The summed E-state index contributed by atoms with van der Waals surface area (Å²) in [4.78, 5) is 18.4. The lowest BCUT2D eigenvalue weighted by Gasteiger charge is -2.12. The number of benzene rings is 1. The molecule has 1 atom stereocenters. The smallest absolute Gasteiger partial charge is 0.448 e. The third-order valence-electron chi connectivity index (χ3n) is 3.42. The van der Waals surface area contributed by atoms with E-state index in [-0.39, 0.29) is 0 Å². The molecule has 3 rings (SSSR count). The molecule has 0 spiro atoms. The van der Waals surface area contributed by atoms with E-state index < -0.39 is 6.16 Å². The van der Waals surface area contributed by atoms with Crippen molar-refractivity contribution in [1.29, 1.82) is 0 Å². The first-order valence-electron chi connectivity index (χ1n) is 5.96. The number of hydroxylamine groups is 2. The summed E-state index contributed by atoms with van der Waals surface area (Å²) in [5.74, 6) is 0.320. The molecule has 2 N–H and O–H groups in total. The quantitative estimate of drug-likeness (QED) is 0.854. The number of H-pyrrole nitrogens is 1. The molecule has 1 aliphatic heterocycles. The average Bonchev–Trinajstić information content (AvgIpc) is 2.94. The molecule has 2 aromatic rings. The third kappa shape index (κ3) is 1.93. The maximum Gasteiger partial charge on any atom is 0.525 e. The van der Waals surface area contributed by atoms with E-state index in [1.165, 1.54) is 16.0 Å². The number of nitrogens with one attached hydrogen (secondary N) is 1. The van der Waals surface area contributed by atoms with E-state index in [1.54, 1.807) is 0 Å². The molecule has 5 heteroatoms. The van der Waals surface area contributed by atoms with Crippen molar-refractivity contribution >= 4 is 17.1 Å². The van der Waals surface area contributed by atoms with Crippen LogP contribution in [0, 0.1) is 0 Å². The number of rotatable bonds is 2. The van der Waals surface area contributed by atoms with Gasteiger partial charge in [-0.15, -0.1) is 5.06 Å². The van der Waals surface area contributed by atoms with Crippen LogP contribution >= 0.6 is 0 Å². The number of aromatic nitrogens is 1. The van der Waals surface area contributed by atoms with Gasteiger partial charge in [0.15, 0.2) is 0 Å². The summed E-state index contributed by atoms with van der Waals surface area (Å²) < 4.78 is 0. The average molecular weight is 246 g/mol. The maximum atomic E-state index is 10.5. The molecule has 0 radical (unpaired) electrons. The Labute approximate surface area is 104 Å². The number of hydrogen-bond donors (Lipinski definition) is 2. The van der Waals surface area contributed by atoms with Crippen LogP contribution in [0.25, 0.3) is 10.9 Å². The van der Waals surface area contributed by atoms with E-state index >= 15 is 0 Å². The Hall–Kier alpha value is -2.01. The fourth-order valence-corrected chi connectivity index (χ4v) is 2.61. The molecule has 0 saturated carbocycles. The van der Waals surface area contributed by atoms with Gasteiger partial charge in [0, 0.05) is 36.1 Å². The number of carbonyl (C=O) groups is 1. The lowest BCUT2D eigenvalue weighted by molar-refractivity contribution is -0.103. The molecular weight excluding hydrogens is 232 g/mol. The van der Waals surface area contributed by atoms with Gasteiger partial charge in [-0.05, 0) is 18.1 Å². The zero-order chi connectivity index (χ0) is 12.5. The van der Waals surface area contributed by atoms with Gasteiger partial charge in [0.05, 0.1) is 0 Å². The molecule has 2 heterocycles. The highest BCUT2D eigenvalue weighted by Crippen LogP contribution is 2.32. The fraction of sp³-hybridized carbons (Fsp3) is 0.308. The van der Waals surface area contributed by atoms with Crippen molar-refractivity contribution in [1.82, 2.24) is 10.0 Å². The molecule has 1 unspecified atom stereocenters. The normalized spacial score (nSPS) is 20.3. The van der Waals surface area contributed by atoms with Crippen molar-refractivity contribution in [2.24, 2.45) is 0 Å². The van der Waals surface area contributed by atoms with Crippen molar-refractivity contribution in [2.45, 2.75) is 12.3 Å². The van der Waals surface area contributed by atoms with Crippen LogP contribution in [-0.4, -0.2) is 34.4 Å². The first-order chi connectivity index (χ1) is 8.74. The van der Waals surface area contributed by atoms with Crippen molar-refractivity contribution < 1.29 is 14.7 Å². The first-order valence-corrected chi connectivity index (χ1v) is 5.96. The summed E-state index contributed by atoms with van der Waals surface area (Å²) in [5.41, 5.74) is 2.35. The van der Waals surface area contributed by atoms with E-state index in [0.717, 1.165) is 11.9 Å². The largest absolute Gasteiger partial charge is 0.525 e. The van der Waals surface area contributed by atoms with Gasteiger partial charge < -0.3 is 14.9 Å². The summed E-state index contributed by atoms with van der Waals surface area (Å²) in [5, 5.41) is 11.3. The van der Waals surface area contributed by atoms with Gasteiger partial charge in [0.1, 0.15) is 0 Å². The second kappa shape index (κ2) is 4.34. The van der Waals surface area contributed by atoms with E-state index in [2.05, 4.69) is 11.1 Å². The van der Waals surface area contributed by atoms with Gasteiger partial charge in [0.2, 0.25) is 0 Å². The zero-order valence-corrected chi connectivity index (χ0v) is 9.80. The molecule has 1 saturated heterocycles. The van der Waals surface area contributed by atoms with Gasteiger partial charge in [-0.3, -0.25) is 0 Å². The van der Waals surface area contributed by atoms with E-state index in [1.807, 2.05) is 24.4 Å². The highest BCUT2D eigenvalue weighted by molar-refractivity contribution is 5.83. The number of hydrogen-bond acceptors (Lipinski definition) is 3. The second-order valence-electron chi connectivity index (χ2n) is 4.52. The minimum atomic E-state index is -1.24. The molecule has 0 bridgehead atoms. The van der Waals surface area contributed by atoms with Crippen LogP contribution in [0.1, 0.15) is 17.9 Å². The highest BCUT2D eigenvalue weighted by Gasteiger charge is 2.28. The molecule has 94 valence electrons. The van der Waals surface area contributed by atoms with E-state index in [9.17, 15) is 4.79 Å². The molecule has 1 fully saturated rings. The Morgan fingerprint density at radius 3 is 3.11 bits per heavy atom. The third-order valence-corrected chi connectivity index (χ3v) is 3.42. The lowest BCUT2D eigenvalue weighted by atomic mass is 9.98. The van der Waals surface area contributed by atoms with Crippen LogP contribution in [0.15, 0.2) is 30.5 Å². The van der Waals surface area contributed by atoms with Crippen LogP contribution < -0.4 is 0 Å². The number of carboxylic acid groups (broad SMARTS) is 1. The lowest BCUT2D eigenvalue weighted by Crippen LogP contribution is -2.23. The molecule has 5 nitrogen and oxygen atoms in total. The molecule has 1 aliphatic rings. The van der Waals surface area contributed by atoms with Crippen LogP contribution in [0.4, 0.5) is 4.79 Å². The van der Waals surface area contributed by atoms with Crippen molar-refractivity contribution in [3.05, 3.63) is 36.0 Å². The van der Waals surface area contributed by atoms with Crippen molar-refractivity contribution in [3.8, 4) is 0 Å². The minimum Gasteiger partial charge on any atom is -0.448 e. The van der Waals surface area contributed by atoms with Gasteiger partial charge >= 0.3 is 6.16 Å². The molecule has 18 heavy (non-hydrogen) atoms. The zero-order valence-electron chi connectivity index (χ0n) is 9.80. The Kier molecular flexibility index (Phi) is 2.68. The number of para-hydroxylation sites is 1. The Morgan fingerprint density at radius 2 is 2.28 bits per heavy atom. The summed E-state index contributed by atoms with van der Waals surface area (Å²) in [6, 6.07) is 8.14. The summed E-state index contributed by atoms with van der Waals surface area (Å²) in [6.07, 6.45) is 1.68. The first kappa shape index (κ1) is 11.1. The Morgan fingerprint density at radius 1 is 1.44 bits per heavy atom. The van der Waals surface area contributed by atoms with Crippen molar-refractivity contribution in [2.75, 3.05) is 13.1 Å². The second-order valence-corrected chi connectivity index (χ2v) is 4.52. The SMILES string of the molecule is O=C(O)ON1CCC(c2c[nH]c3ccccc23)C1. The van der Waals surface area contributed by atoms with Gasteiger partial charge in [-0.1, -0.05) is 18.2 Å². The van der Waals surface area contributed by atoms with Crippen LogP contribution in [0.5, 0.6) is 0 Å². The molecular formula is C13H14N2O3. The summed E-state index contributed by atoms with van der Waals surface area (Å²) in [6.45, 7) is 1.27. The molecule has 0 amide bonds. The number of aromatic amines is 1. The Balaban J connectivity index is 1.82. The molecule has 0 aliphatic carbocycles. The highest BCUT2D eigenvalue weighted by atomic mass is 16.8. The van der Waals surface area contributed by atoms with Crippen molar-refractivity contribution in [3.63, 3.8) is 0 Å². The van der Waals surface area contributed by atoms with Gasteiger partial charge in [-0.2, -0.15) is 0 Å². The summed E-state index contributed by atoms with van der Waals surface area (Å²) >= 11 is 0. The number of fused-ring (bicyclic) bond motifs is 1. The monoisotopic (exact) mass is 246 g/mol. The molecule has 1 aromatic carbocycles. The summed E-state index contributed by atoms with van der Waals surface area (Å²) in [7, 11) is 0. The topological polar surface area (TPSA) is 65.6 Å². The molecule has 1 aromatic heterocycles. The predicted molar refractivity (Wildman–Crippen MR) is 66.3 cm³/mol. The number of nitrogens with zero attached hydrogens (tertiary/aromatic N) is 1. The predicted octanol–water partition coefficient (Wildman–Crippen LogP) is 2.57.